The molecule has 2 aliphatic rings. The fourth-order valence-corrected chi connectivity index (χ4v) is 4.38. The SMILES string of the molecule is O=C(NCC1CCCCN1Cc1ccccc1)C1CNNC1c1ccccc1. The monoisotopic (exact) mass is 378 g/mol. The highest BCUT2D eigenvalue weighted by Crippen LogP contribution is 2.25. The molecule has 0 aliphatic carbocycles. The van der Waals surface area contributed by atoms with E-state index in [4.69, 9.17) is 0 Å². The number of hydrazine groups is 1. The first-order valence-corrected chi connectivity index (χ1v) is 10.4. The van der Waals surface area contributed by atoms with Gasteiger partial charge in [-0.25, -0.2) is 5.43 Å². The number of nitrogens with zero attached hydrogens (tertiary/aromatic N) is 1. The standard InChI is InChI=1S/C23H30N4O/c28-23(21-16-25-26-22(21)19-11-5-2-6-12-19)24-15-20-13-7-8-14-27(20)17-18-9-3-1-4-10-18/h1-6,9-12,20-22,25-26H,7-8,13-17H2,(H,24,28). The van der Waals surface area contributed by atoms with Gasteiger partial charge in [0.05, 0.1) is 12.0 Å². The Bertz CT molecular complexity index is 752. The molecule has 3 atom stereocenters. The van der Waals surface area contributed by atoms with E-state index in [9.17, 15) is 4.79 Å². The molecular formula is C23H30N4O. The number of rotatable bonds is 6. The van der Waals surface area contributed by atoms with Crippen molar-refractivity contribution in [1.29, 1.82) is 0 Å². The average molecular weight is 379 g/mol. The highest BCUT2D eigenvalue weighted by molar-refractivity contribution is 5.80. The summed E-state index contributed by atoms with van der Waals surface area (Å²) >= 11 is 0. The normalized spacial score (nSPS) is 25.5. The number of benzene rings is 2. The van der Waals surface area contributed by atoms with Crippen LogP contribution in [0.3, 0.4) is 0 Å². The molecule has 2 fully saturated rings. The molecule has 5 heteroatoms. The zero-order chi connectivity index (χ0) is 19.2. The van der Waals surface area contributed by atoms with E-state index < -0.39 is 0 Å². The van der Waals surface area contributed by atoms with Crippen molar-refractivity contribution >= 4 is 5.91 Å². The first kappa shape index (κ1) is 19.1. The zero-order valence-electron chi connectivity index (χ0n) is 16.3. The van der Waals surface area contributed by atoms with Gasteiger partial charge in [-0.3, -0.25) is 15.1 Å². The second-order valence-electron chi connectivity index (χ2n) is 7.87. The number of likely N-dealkylation sites (tertiary alicyclic amines) is 1. The highest BCUT2D eigenvalue weighted by atomic mass is 16.2. The van der Waals surface area contributed by atoms with E-state index in [0.29, 0.717) is 12.6 Å². The van der Waals surface area contributed by atoms with Gasteiger partial charge in [0, 0.05) is 25.7 Å². The third-order valence-electron chi connectivity index (χ3n) is 5.97. The minimum atomic E-state index is -0.0893. The van der Waals surface area contributed by atoms with Crippen molar-refractivity contribution in [3.63, 3.8) is 0 Å². The number of amides is 1. The quantitative estimate of drug-likeness (QED) is 0.723. The third kappa shape index (κ3) is 4.61. The van der Waals surface area contributed by atoms with Crippen molar-refractivity contribution in [3.8, 4) is 0 Å². The summed E-state index contributed by atoms with van der Waals surface area (Å²) in [5, 5.41) is 3.25. The van der Waals surface area contributed by atoms with Crippen LogP contribution < -0.4 is 16.2 Å². The Labute approximate surface area is 167 Å². The van der Waals surface area contributed by atoms with Crippen LogP contribution in [-0.2, 0) is 11.3 Å². The van der Waals surface area contributed by atoms with Crippen molar-refractivity contribution in [2.75, 3.05) is 19.6 Å². The summed E-state index contributed by atoms with van der Waals surface area (Å²) in [5.41, 5.74) is 8.91. The Kier molecular flexibility index (Phi) is 6.37. The molecule has 3 N–H and O–H groups in total. The maximum Gasteiger partial charge on any atom is 0.226 e. The number of hydrogen-bond acceptors (Lipinski definition) is 4. The summed E-state index contributed by atoms with van der Waals surface area (Å²) in [5.74, 6) is 0.0464. The molecule has 2 aromatic carbocycles. The lowest BCUT2D eigenvalue weighted by Crippen LogP contribution is -2.47. The Hall–Kier alpha value is -2.21. The molecule has 2 aliphatic heterocycles. The van der Waals surface area contributed by atoms with Crippen LogP contribution in [0.4, 0.5) is 0 Å². The van der Waals surface area contributed by atoms with Crippen molar-refractivity contribution in [2.45, 2.75) is 37.9 Å². The molecule has 148 valence electrons. The number of carbonyl (C=O) groups is 1. The summed E-state index contributed by atoms with van der Waals surface area (Å²) in [7, 11) is 0. The molecule has 1 amide bonds. The minimum absolute atomic E-state index is 0.0213. The van der Waals surface area contributed by atoms with Crippen LogP contribution in [0.1, 0.15) is 36.4 Å². The van der Waals surface area contributed by atoms with Gasteiger partial charge in [0.2, 0.25) is 5.91 Å². The molecule has 0 spiro atoms. The highest BCUT2D eigenvalue weighted by Gasteiger charge is 2.34. The van der Waals surface area contributed by atoms with Crippen molar-refractivity contribution in [1.82, 2.24) is 21.1 Å². The summed E-state index contributed by atoms with van der Waals surface area (Å²) in [6.45, 7) is 3.45. The molecule has 0 aromatic heterocycles. The van der Waals surface area contributed by atoms with Gasteiger partial charge >= 0.3 is 0 Å². The Morgan fingerprint density at radius 3 is 2.57 bits per heavy atom. The summed E-state index contributed by atoms with van der Waals surface area (Å²) in [6.07, 6.45) is 3.63. The molecule has 2 saturated heterocycles. The molecule has 0 radical (unpaired) electrons. The maximum absolute atomic E-state index is 12.9. The van der Waals surface area contributed by atoms with E-state index in [0.717, 1.165) is 31.6 Å². The molecule has 0 saturated carbocycles. The average Bonchev–Trinajstić information content (AvgIpc) is 3.24. The molecule has 3 unspecified atom stereocenters. The lowest BCUT2D eigenvalue weighted by atomic mass is 9.94. The second-order valence-corrected chi connectivity index (χ2v) is 7.87. The molecular weight excluding hydrogens is 348 g/mol. The van der Waals surface area contributed by atoms with E-state index >= 15 is 0 Å². The van der Waals surface area contributed by atoms with Crippen LogP contribution in [0.5, 0.6) is 0 Å². The molecule has 28 heavy (non-hydrogen) atoms. The van der Waals surface area contributed by atoms with E-state index in [1.54, 1.807) is 0 Å². The third-order valence-corrected chi connectivity index (χ3v) is 5.97. The second kappa shape index (κ2) is 9.32. The van der Waals surface area contributed by atoms with Gasteiger partial charge < -0.3 is 5.32 Å². The molecule has 4 rings (SSSR count). The van der Waals surface area contributed by atoms with Gasteiger partial charge in [-0.05, 0) is 30.5 Å². The van der Waals surface area contributed by atoms with Crippen molar-refractivity contribution in [2.24, 2.45) is 5.92 Å². The molecule has 2 aromatic rings. The smallest absolute Gasteiger partial charge is 0.226 e. The Balaban J connectivity index is 1.35. The van der Waals surface area contributed by atoms with Crippen molar-refractivity contribution in [3.05, 3.63) is 71.8 Å². The van der Waals surface area contributed by atoms with Crippen molar-refractivity contribution < 1.29 is 4.79 Å². The first-order valence-electron chi connectivity index (χ1n) is 10.4. The van der Waals surface area contributed by atoms with E-state index in [-0.39, 0.29) is 17.9 Å². The maximum atomic E-state index is 12.9. The molecule has 0 bridgehead atoms. The van der Waals surface area contributed by atoms with Crippen LogP contribution in [0, 0.1) is 5.92 Å². The fraction of sp³-hybridized carbons (Fsp3) is 0.435. The lowest BCUT2D eigenvalue weighted by molar-refractivity contribution is -0.125. The first-order chi connectivity index (χ1) is 13.8. The molecule has 2 heterocycles. The van der Waals surface area contributed by atoms with Crippen LogP contribution in [-0.4, -0.2) is 36.5 Å². The number of piperidine rings is 1. The molecule has 5 nitrogen and oxygen atoms in total. The van der Waals surface area contributed by atoms with Gasteiger partial charge in [-0.15, -0.1) is 0 Å². The van der Waals surface area contributed by atoms with E-state index in [1.807, 2.05) is 18.2 Å². The number of nitrogens with one attached hydrogen (secondary N) is 3. The topological polar surface area (TPSA) is 56.4 Å². The number of hydrogen-bond donors (Lipinski definition) is 3. The summed E-state index contributed by atoms with van der Waals surface area (Å²) in [4.78, 5) is 15.5. The minimum Gasteiger partial charge on any atom is -0.354 e. The van der Waals surface area contributed by atoms with E-state index in [1.165, 1.54) is 18.4 Å². The van der Waals surface area contributed by atoms with Gasteiger partial charge in [-0.2, -0.15) is 0 Å². The van der Waals surface area contributed by atoms with Crippen LogP contribution >= 0.6 is 0 Å². The van der Waals surface area contributed by atoms with Gasteiger partial charge in [0.15, 0.2) is 0 Å². The Morgan fingerprint density at radius 2 is 1.79 bits per heavy atom. The van der Waals surface area contributed by atoms with Crippen LogP contribution in [0.25, 0.3) is 0 Å². The largest absolute Gasteiger partial charge is 0.354 e. The van der Waals surface area contributed by atoms with Gasteiger partial charge in [-0.1, -0.05) is 67.1 Å². The Morgan fingerprint density at radius 1 is 1.04 bits per heavy atom. The van der Waals surface area contributed by atoms with Gasteiger partial charge in [0.1, 0.15) is 0 Å². The predicted octanol–water partition coefficient (Wildman–Crippen LogP) is 2.62. The lowest BCUT2D eigenvalue weighted by Gasteiger charge is -2.36. The zero-order valence-corrected chi connectivity index (χ0v) is 16.3. The summed E-state index contributed by atoms with van der Waals surface area (Å²) in [6, 6.07) is 21.3. The predicted molar refractivity (Wildman–Crippen MR) is 111 cm³/mol. The van der Waals surface area contributed by atoms with Crippen LogP contribution in [0.2, 0.25) is 0 Å². The van der Waals surface area contributed by atoms with Gasteiger partial charge in [0.25, 0.3) is 0 Å². The van der Waals surface area contributed by atoms with E-state index in [2.05, 4.69) is 63.5 Å². The summed E-state index contributed by atoms with van der Waals surface area (Å²) < 4.78 is 0. The van der Waals surface area contributed by atoms with Crippen LogP contribution in [0.15, 0.2) is 60.7 Å². The number of carbonyl (C=O) groups excluding carboxylic acids is 1. The fourth-order valence-electron chi connectivity index (χ4n) is 4.38.